The zero-order valence-corrected chi connectivity index (χ0v) is 20.0. The molecule has 0 radical (unpaired) electrons. The lowest BCUT2D eigenvalue weighted by atomic mass is 10.00. The van der Waals surface area contributed by atoms with Crippen LogP contribution in [0.3, 0.4) is 0 Å². The summed E-state index contributed by atoms with van der Waals surface area (Å²) in [5, 5.41) is 3.48. The molecule has 0 saturated heterocycles. The van der Waals surface area contributed by atoms with Gasteiger partial charge in [-0.25, -0.2) is 8.42 Å². The Morgan fingerprint density at radius 1 is 1.06 bits per heavy atom. The van der Waals surface area contributed by atoms with Crippen molar-refractivity contribution >= 4 is 33.2 Å². The van der Waals surface area contributed by atoms with Crippen molar-refractivity contribution in [3.05, 3.63) is 88.4 Å². The number of nitrogens with one attached hydrogen (secondary N) is 1. The molecule has 8 heteroatoms. The van der Waals surface area contributed by atoms with E-state index in [2.05, 4.69) is 5.32 Å². The summed E-state index contributed by atoms with van der Waals surface area (Å²) in [6.07, 6.45) is 1.38. The molecule has 1 aliphatic rings. The summed E-state index contributed by atoms with van der Waals surface area (Å²) < 4.78 is 33.0. The maximum absolute atomic E-state index is 13.2. The average Bonchev–Trinajstić information content (AvgIpc) is 2.83. The molecule has 1 aliphatic heterocycles. The van der Waals surface area contributed by atoms with Crippen LogP contribution in [-0.2, 0) is 16.4 Å². The molecule has 1 amide bonds. The lowest BCUT2D eigenvalue weighted by Gasteiger charge is -2.31. The SMILES string of the molecule is COc1ccc([C@@H](C)NC(=O)c2ccc3c(c2)CCCN3S(=O)(=O)c2ccc(Cl)cc2)cc1. The second-order valence-corrected chi connectivity index (χ2v) is 10.2. The summed E-state index contributed by atoms with van der Waals surface area (Å²) in [7, 11) is -2.11. The van der Waals surface area contributed by atoms with Gasteiger partial charge in [0.15, 0.2) is 0 Å². The quantitative estimate of drug-likeness (QED) is 0.535. The Morgan fingerprint density at radius 2 is 1.76 bits per heavy atom. The third-order valence-corrected chi connectivity index (χ3v) is 7.86. The van der Waals surface area contributed by atoms with Crippen molar-refractivity contribution in [2.24, 2.45) is 0 Å². The van der Waals surface area contributed by atoms with Crippen LogP contribution in [0.15, 0.2) is 71.6 Å². The topological polar surface area (TPSA) is 75.7 Å². The van der Waals surface area contributed by atoms with Gasteiger partial charge in [0.2, 0.25) is 0 Å². The molecule has 3 aromatic rings. The molecule has 0 unspecified atom stereocenters. The monoisotopic (exact) mass is 484 g/mol. The smallest absolute Gasteiger partial charge is 0.264 e. The van der Waals surface area contributed by atoms with E-state index in [0.29, 0.717) is 35.7 Å². The molecule has 1 atom stereocenters. The first-order valence-corrected chi connectivity index (χ1v) is 12.5. The summed E-state index contributed by atoms with van der Waals surface area (Å²) in [5.74, 6) is 0.545. The molecular formula is C25H25ClN2O4S. The van der Waals surface area contributed by atoms with Gasteiger partial charge in [0.1, 0.15) is 5.75 Å². The number of amides is 1. The number of aryl methyl sites for hydroxylation is 1. The molecule has 3 aromatic carbocycles. The summed E-state index contributed by atoms with van der Waals surface area (Å²) >= 11 is 5.91. The van der Waals surface area contributed by atoms with E-state index in [-0.39, 0.29) is 16.8 Å². The highest BCUT2D eigenvalue weighted by Gasteiger charge is 2.29. The largest absolute Gasteiger partial charge is 0.497 e. The van der Waals surface area contributed by atoms with Crippen LogP contribution in [-0.4, -0.2) is 28.0 Å². The second kappa shape index (κ2) is 9.45. The fourth-order valence-electron chi connectivity index (χ4n) is 3.94. The normalized spacial score (nSPS) is 14.3. The molecule has 33 heavy (non-hydrogen) atoms. The van der Waals surface area contributed by atoms with E-state index in [4.69, 9.17) is 16.3 Å². The van der Waals surface area contributed by atoms with E-state index in [9.17, 15) is 13.2 Å². The average molecular weight is 485 g/mol. The molecule has 0 bridgehead atoms. The molecule has 4 rings (SSSR count). The fraction of sp³-hybridized carbons (Fsp3) is 0.240. The molecular weight excluding hydrogens is 460 g/mol. The Kier molecular flexibility index (Phi) is 6.63. The number of rotatable bonds is 6. The van der Waals surface area contributed by atoms with E-state index in [1.54, 1.807) is 37.4 Å². The number of ether oxygens (including phenoxy) is 1. The molecule has 172 valence electrons. The molecule has 0 fully saturated rings. The summed E-state index contributed by atoms with van der Waals surface area (Å²) in [6.45, 7) is 2.30. The molecule has 0 spiro atoms. The predicted octanol–water partition coefficient (Wildman–Crippen LogP) is 4.98. The van der Waals surface area contributed by atoms with Crippen molar-refractivity contribution in [1.29, 1.82) is 0 Å². The fourth-order valence-corrected chi connectivity index (χ4v) is 5.61. The predicted molar refractivity (Wildman–Crippen MR) is 130 cm³/mol. The first-order valence-electron chi connectivity index (χ1n) is 10.7. The number of sulfonamides is 1. The van der Waals surface area contributed by atoms with E-state index < -0.39 is 10.0 Å². The number of carbonyl (C=O) groups excluding carboxylic acids is 1. The Hall–Kier alpha value is -3.03. The van der Waals surface area contributed by atoms with Crippen molar-refractivity contribution in [3.63, 3.8) is 0 Å². The zero-order valence-electron chi connectivity index (χ0n) is 18.4. The third-order valence-electron chi connectivity index (χ3n) is 5.78. The van der Waals surface area contributed by atoms with Gasteiger partial charge in [0.05, 0.1) is 23.7 Å². The number of hydrogen-bond acceptors (Lipinski definition) is 4. The van der Waals surface area contributed by atoms with Crippen LogP contribution in [0.25, 0.3) is 0 Å². The van der Waals surface area contributed by atoms with Crippen molar-refractivity contribution < 1.29 is 17.9 Å². The minimum Gasteiger partial charge on any atom is -0.497 e. The molecule has 0 saturated carbocycles. The van der Waals surface area contributed by atoms with Crippen LogP contribution in [0.1, 0.15) is 40.9 Å². The number of methoxy groups -OCH3 is 1. The van der Waals surface area contributed by atoms with Crippen LogP contribution in [0.5, 0.6) is 5.75 Å². The van der Waals surface area contributed by atoms with Gasteiger partial charge in [-0.2, -0.15) is 0 Å². The van der Waals surface area contributed by atoms with Gasteiger partial charge < -0.3 is 10.1 Å². The number of hydrogen-bond donors (Lipinski definition) is 1. The Morgan fingerprint density at radius 3 is 2.42 bits per heavy atom. The van der Waals surface area contributed by atoms with Crippen molar-refractivity contribution in [1.82, 2.24) is 5.32 Å². The Bertz CT molecular complexity index is 1260. The van der Waals surface area contributed by atoms with Crippen molar-refractivity contribution in [2.45, 2.75) is 30.7 Å². The van der Waals surface area contributed by atoms with E-state index in [0.717, 1.165) is 16.9 Å². The second-order valence-electron chi connectivity index (χ2n) is 7.95. The summed E-state index contributed by atoms with van der Waals surface area (Å²) in [5.41, 5.74) is 2.90. The Balaban J connectivity index is 1.55. The molecule has 6 nitrogen and oxygen atoms in total. The number of halogens is 1. The number of nitrogens with zero attached hydrogens (tertiary/aromatic N) is 1. The van der Waals surface area contributed by atoms with Gasteiger partial charge in [0, 0.05) is 17.1 Å². The molecule has 0 aliphatic carbocycles. The van der Waals surface area contributed by atoms with Crippen molar-refractivity contribution in [2.75, 3.05) is 18.0 Å². The van der Waals surface area contributed by atoms with Crippen LogP contribution in [0, 0.1) is 0 Å². The first kappa shape index (κ1) is 23.1. The van der Waals surface area contributed by atoms with Gasteiger partial charge in [0.25, 0.3) is 15.9 Å². The number of benzene rings is 3. The maximum Gasteiger partial charge on any atom is 0.264 e. The van der Waals surface area contributed by atoms with Crippen molar-refractivity contribution in [3.8, 4) is 5.75 Å². The highest BCUT2D eigenvalue weighted by atomic mass is 35.5. The highest BCUT2D eigenvalue weighted by Crippen LogP contribution is 2.33. The molecule has 0 aromatic heterocycles. The minimum atomic E-state index is -3.72. The first-order chi connectivity index (χ1) is 15.8. The summed E-state index contributed by atoms with van der Waals surface area (Å²) in [6, 6.07) is 18.7. The van der Waals surface area contributed by atoms with Crippen LogP contribution in [0.2, 0.25) is 5.02 Å². The van der Waals surface area contributed by atoms with E-state index in [1.165, 1.54) is 16.4 Å². The molecule has 1 heterocycles. The number of carbonyl (C=O) groups is 1. The minimum absolute atomic E-state index is 0.190. The van der Waals surface area contributed by atoms with Crippen LogP contribution >= 0.6 is 11.6 Å². The van der Waals surface area contributed by atoms with Gasteiger partial charge in [-0.05, 0) is 85.5 Å². The van der Waals surface area contributed by atoms with Gasteiger partial charge in [-0.3, -0.25) is 9.10 Å². The zero-order chi connectivity index (χ0) is 23.6. The third kappa shape index (κ3) is 4.84. The van der Waals surface area contributed by atoms with E-state index in [1.807, 2.05) is 31.2 Å². The van der Waals surface area contributed by atoms with E-state index >= 15 is 0 Å². The number of anilines is 1. The maximum atomic E-state index is 13.2. The lowest BCUT2D eigenvalue weighted by molar-refractivity contribution is 0.0940. The van der Waals surface area contributed by atoms with Gasteiger partial charge >= 0.3 is 0 Å². The molecule has 1 N–H and O–H groups in total. The van der Waals surface area contributed by atoms with Gasteiger partial charge in [-0.15, -0.1) is 0 Å². The summed E-state index contributed by atoms with van der Waals surface area (Å²) in [4.78, 5) is 13.1. The number of fused-ring (bicyclic) bond motifs is 1. The van der Waals surface area contributed by atoms with Crippen LogP contribution < -0.4 is 14.4 Å². The highest BCUT2D eigenvalue weighted by molar-refractivity contribution is 7.92. The lowest BCUT2D eigenvalue weighted by Crippen LogP contribution is -2.35. The Labute approximate surface area is 199 Å². The van der Waals surface area contributed by atoms with Gasteiger partial charge in [-0.1, -0.05) is 23.7 Å². The van der Waals surface area contributed by atoms with Crippen LogP contribution in [0.4, 0.5) is 5.69 Å². The standard InChI is InChI=1S/C25H25ClN2O4S/c1-17(18-5-10-22(32-2)11-6-18)27-25(29)20-7-14-24-19(16-20)4-3-15-28(24)33(30,31)23-12-8-21(26)9-13-23/h5-14,16-17H,3-4,15H2,1-2H3,(H,27,29)/t17-/m1/s1.